The van der Waals surface area contributed by atoms with Crippen LogP contribution in [-0.4, -0.2) is 39.5 Å². The van der Waals surface area contributed by atoms with Crippen molar-refractivity contribution in [1.29, 1.82) is 0 Å². The van der Waals surface area contributed by atoms with Gasteiger partial charge in [0.1, 0.15) is 10.7 Å². The van der Waals surface area contributed by atoms with E-state index in [9.17, 15) is 9.59 Å². The number of thiazole rings is 1. The number of carbonyl (C=O) groups excluding carboxylic acids is 1. The summed E-state index contributed by atoms with van der Waals surface area (Å²) in [6, 6.07) is -0.0784. The van der Waals surface area contributed by atoms with Crippen LogP contribution in [0.25, 0.3) is 0 Å². The lowest BCUT2D eigenvalue weighted by molar-refractivity contribution is -0.143. The smallest absolute Gasteiger partial charge is 0.306 e. The summed E-state index contributed by atoms with van der Waals surface area (Å²) in [5.41, 5.74) is 5.89. The Morgan fingerprint density at radius 3 is 2.89 bits per heavy atom. The van der Waals surface area contributed by atoms with Crippen LogP contribution in [0.1, 0.15) is 35.3 Å². The molecule has 1 saturated heterocycles. The molecule has 2 heterocycles. The van der Waals surface area contributed by atoms with Gasteiger partial charge in [0.05, 0.1) is 5.92 Å². The summed E-state index contributed by atoms with van der Waals surface area (Å²) in [6.07, 6.45) is 0.994. The maximum absolute atomic E-state index is 12.3. The van der Waals surface area contributed by atoms with E-state index in [0.29, 0.717) is 31.6 Å². The van der Waals surface area contributed by atoms with Crippen LogP contribution in [0.2, 0.25) is 0 Å². The number of carboxylic acids is 1. The fraction of sp³-hybridized carbons (Fsp3) is 0.583. The van der Waals surface area contributed by atoms with Gasteiger partial charge in [-0.2, -0.15) is 0 Å². The van der Waals surface area contributed by atoms with Gasteiger partial charge in [-0.1, -0.05) is 0 Å². The maximum atomic E-state index is 12.3. The van der Waals surface area contributed by atoms with Crippen LogP contribution in [0.4, 0.5) is 0 Å². The molecule has 19 heavy (non-hydrogen) atoms. The number of nitrogens with two attached hydrogens (primary N) is 1. The highest BCUT2D eigenvalue weighted by atomic mass is 32.1. The number of aromatic nitrogens is 1. The zero-order valence-corrected chi connectivity index (χ0v) is 11.5. The molecular weight excluding hydrogens is 266 g/mol. The van der Waals surface area contributed by atoms with Crippen LogP contribution in [-0.2, 0) is 11.3 Å². The van der Waals surface area contributed by atoms with Gasteiger partial charge >= 0.3 is 5.97 Å². The molecule has 1 fully saturated rings. The van der Waals surface area contributed by atoms with Crippen molar-refractivity contribution in [3.8, 4) is 0 Å². The van der Waals surface area contributed by atoms with E-state index < -0.39 is 5.97 Å². The van der Waals surface area contributed by atoms with Gasteiger partial charge in [0, 0.05) is 24.5 Å². The number of carboxylic acid groups (broad SMARTS) is 1. The second-order valence-corrected chi connectivity index (χ2v) is 5.68. The molecule has 3 N–H and O–H groups in total. The Bertz CT molecular complexity index is 488. The highest BCUT2D eigenvalue weighted by molar-refractivity contribution is 7.09. The molecule has 0 aliphatic carbocycles. The topological polar surface area (TPSA) is 96.5 Å². The Kier molecular flexibility index (Phi) is 4.16. The number of hydrogen-bond donors (Lipinski definition) is 2. The van der Waals surface area contributed by atoms with Crippen molar-refractivity contribution >= 4 is 23.2 Å². The summed E-state index contributed by atoms with van der Waals surface area (Å²) in [5, 5.41) is 11.4. The van der Waals surface area contributed by atoms with E-state index in [0.717, 1.165) is 5.01 Å². The van der Waals surface area contributed by atoms with Crippen LogP contribution in [0.15, 0.2) is 5.38 Å². The molecule has 1 aliphatic rings. The van der Waals surface area contributed by atoms with Crippen LogP contribution >= 0.6 is 11.3 Å². The van der Waals surface area contributed by atoms with Crippen molar-refractivity contribution in [1.82, 2.24) is 9.88 Å². The van der Waals surface area contributed by atoms with Gasteiger partial charge < -0.3 is 15.7 Å². The number of piperidine rings is 1. The zero-order valence-electron chi connectivity index (χ0n) is 10.7. The second kappa shape index (κ2) is 5.66. The van der Waals surface area contributed by atoms with Gasteiger partial charge in [-0.15, -0.1) is 11.3 Å². The number of hydrogen-bond acceptors (Lipinski definition) is 5. The van der Waals surface area contributed by atoms with Crippen molar-refractivity contribution in [3.63, 3.8) is 0 Å². The quantitative estimate of drug-likeness (QED) is 0.860. The molecular formula is C12H17N3O3S. The Balaban J connectivity index is 2.06. The lowest BCUT2D eigenvalue weighted by Crippen LogP contribution is -2.46. The molecule has 1 aromatic rings. The molecule has 0 bridgehead atoms. The Morgan fingerprint density at radius 1 is 1.63 bits per heavy atom. The molecule has 6 nitrogen and oxygen atoms in total. The minimum absolute atomic E-state index is 0.0784. The standard InChI is InChI=1S/C12H17N3O3S/c1-7-4-8(12(17)18)2-3-15(7)11(16)9-6-19-10(5-13)14-9/h6-8H,2-5,13H2,1H3,(H,17,18). The molecule has 7 heteroatoms. The summed E-state index contributed by atoms with van der Waals surface area (Å²) >= 11 is 1.37. The average molecular weight is 283 g/mol. The van der Waals surface area contributed by atoms with Gasteiger partial charge in [-0.25, -0.2) is 4.98 Å². The summed E-state index contributed by atoms with van der Waals surface area (Å²) in [6.45, 7) is 2.67. The van der Waals surface area contributed by atoms with Crippen LogP contribution in [0, 0.1) is 5.92 Å². The van der Waals surface area contributed by atoms with Gasteiger partial charge in [0.15, 0.2) is 0 Å². The number of likely N-dealkylation sites (tertiary alicyclic amines) is 1. The van der Waals surface area contributed by atoms with E-state index in [2.05, 4.69) is 4.98 Å². The normalized spacial score (nSPS) is 23.4. The van der Waals surface area contributed by atoms with E-state index in [4.69, 9.17) is 10.8 Å². The fourth-order valence-corrected chi connectivity index (χ4v) is 3.00. The van der Waals surface area contributed by atoms with E-state index in [1.165, 1.54) is 11.3 Å². The number of aliphatic carboxylic acids is 1. The highest BCUT2D eigenvalue weighted by Crippen LogP contribution is 2.25. The number of nitrogens with zero attached hydrogens (tertiary/aromatic N) is 2. The van der Waals surface area contributed by atoms with E-state index in [-0.39, 0.29) is 17.9 Å². The average Bonchev–Trinajstić information content (AvgIpc) is 2.86. The molecule has 1 amide bonds. The van der Waals surface area contributed by atoms with Crippen molar-refractivity contribution in [2.24, 2.45) is 11.7 Å². The summed E-state index contributed by atoms with van der Waals surface area (Å²) in [7, 11) is 0. The Morgan fingerprint density at radius 2 is 2.37 bits per heavy atom. The lowest BCUT2D eigenvalue weighted by Gasteiger charge is -2.35. The molecule has 2 unspecified atom stereocenters. The number of amides is 1. The first-order chi connectivity index (χ1) is 9.02. The molecule has 0 saturated carbocycles. The predicted octanol–water partition coefficient (Wildman–Crippen LogP) is 0.927. The van der Waals surface area contributed by atoms with Crippen molar-refractivity contribution in [3.05, 3.63) is 16.1 Å². The van der Waals surface area contributed by atoms with Gasteiger partial charge in [0.25, 0.3) is 5.91 Å². The summed E-state index contributed by atoms with van der Waals surface area (Å²) < 4.78 is 0. The van der Waals surface area contributed by atoms with Gasteiger partial charge in [0.2, 0.25) is 0 Å². The minimum atomic E-state index is -0.780. The third kappa shape index (κ3) is 2.93. The molecule has 104 valence electrons. The van der Waals surface area contributed by atoms with E-state index in [1.807, 2.05) is 6.92 Å². The van der Waals surface area contributed by atoms with Crippen molar-refractivity contribution in [2.45, 2.75) is 32.4 Å². The van der Waals surface area contributed by atoms with Crippen LogP contribution in [0.3, 0.4) is 0 Å². The first-order valence-electron chi connectivity index (χ1n) is 6.21. The molecule has 0 spiro atoms. The van der Waals surface area contributed by atoms with E-state index >= 15 is 0 Å². The largest absolute Gasteiger partial charge is 0.481 e. The molecule has 1 aromatic heterocycles. The third-order valence-corrected chi connectivity index (χ3v) is 4.30. The monoisotopic (exact) mass is 283 g/mol. The number of carbonyl (C=O) groups is 2. The first-order valence-corrected chi connectivity index (χ1v) is 7.09. The summed E-state index contributed by atoms with van der Waals surface area (Å²) in [5.74, 6) is -1.26. The molecule has 1 aliphatic heterocycles. The molecule has 0 radical (unpaired) electrons. The second-order valence-electron chi connectivity index (χ2n) is 4.74. The molecule has 2 rings (SSSR count). The van der Waals surface area contributed by atoms with E-state index in [1.54, 1.807) is 10.3 Å². The Hall–Kier alpha value is -1.47. The first kappa shape index (κ1) is 14.0. The number of rotatable bonds is 3. The lowest BCUT2D eigenvalue weighted by atomic mass is 9.91. The third-order valence-electron chi connectivity index (χ3n) is 3.43. The van der Waals surface area contributed by atoms with Crippen molar-refractivity contribution in [2.75, 3.05) is 6.54 Å². The highest BCUT2D eigenvalue weighted by Gasteiger charge is 2.33. The predicted molar refractivity (Wildman–Crippen MR) is 70.9 cm³/mol. The maximum Gasteiger partial charge on any atom is 0.306 e. The van der Waals surface area contributed by atoms with Crippen LogP contribution < -0.4 is 5.73 Å². The van der Waals surface area contributed by atoms with Crippen molar-refractivity contribution < 1.29 is 14.7 Å². The summed E-state index contributed by atoms with van der Waals surface area (Å²) in [4.78, 5) is 29.1. The molecule has 2 atom stereocenters. The fourth-order valence-electron chi connectivity index (χ4n) is 2.35. The zero-order chi connectivity index (χ0) is 14.0. The van der Waals surface area contributed by atoms with Gasteiger partial charge in [-0.3, -0.25) is 9.59 Å². The Labute approximate surface area is 115 Å². The molecule has 0 aromatic carbocycles. The SMILES string of the molecule is CC1CC(C(=O)O)CCN1C(=O)c1csc(CN)n1. The van der Waals surface area contributed by atoms with Crippen LogP contribution in [0.5, 0.6) is 0 Å². The minimum Gasteiger partial charge on any atom is -0.481 e. The van der Waals surface area contributed by atoms with Gasteiger partial charge in [-0.05, 0) is 19.8 Å².